The Balaban J connectivity index is 1.70. The Bertz CT molecular complexity index is 587. The van der Waals surface area contributed by atoms with Crippen molar-refractivity contribution < 1.29 is 9.84 Å². The van der Waals surface area contributed by atoms with Gasteiger partial charge in [0.15, 0.2) is 0 Å². The van der Waals surface area contributed by atoms with Gasteiger partial charge in [0.2, 0.25) is 0 Å². The number of thiophene rings is 1. The molecule has 100 valence electrons. The van der Waals surface area contributed by atoms with Gasteiger partial charge in [-0.3, -0.25) is 0 Å². The summed E-state index contributed by atoms with van der Waals surface area (Å²) < 4.78 is 5.59. The fraction of sp³-hybridized carbons (Fsp3) is 0.333. The Kier molecular flexibility index (Phi) is 3.21. The molecule has 0 fully saturated rings. The molecule has 1 unspecified atom stereocenters. The predicted octanol–water partition coefficient (Wildman–Crippen LogP) is 3.29. The molecule has 0 spiro atoms. The number of nitrogens with one attached hydrogen (secondary N) is 1. The summed E-state index contributed by atoms with van der Waals surface area (Å²) in [6.07, 6.45) is 0. The lowest BCUT2D eigenvalue weighted by molar-refractivity contribution is 0.310. The van der Waals surface area contributed by atoms with E-state index in [1.807, 2.05) is 17.4 Å². The lowest BCUT2D eigenvalue weighted by atomic mass is 10.1. The van der Waals surface area contributed by atoms with Crippen LogP contribution >= 0.6 is 11.3 Å². The summed E-state index contributed by atoms with van der Waals surface area (Å²) in [5.41, 5.74) is 2.48. The van der Waals surface area contributed by atoms with Gasteiger partial charge < -0.3 is 15.2 Å². The molecule has 0 aliphatic carbocycles. The van der Waals surface area contributed by atoms with Crippen LogP contribution in [-0.2, 0) is 6.54 Å². The first-order valence-corrected chi connectivity index (χ1v) is 7.20. The molecule has 19 heavy (non-hydrogen) atoms. The molecule has 0 amide bonds. The fourth-order valence-electron chi connectivity index (χ4n) is 2.33. The molecule has 0 saturated heterocycles. The molecule has 1 aliphatic heterocycles. The maximum atomic E-state index is 9.43. The van der Waals surface area contributed by atoms with Crippen molar-refractivity contribution in [1.29, 1.82) is 0 Å². The number of phenolic OH excluding ortho intramolecular Hbond substituents is 1. The van der Waals surface area contributed by atoms with Crippen LogP contribution in [0.4, 0.5) is 0 Å². The van der Waals surface area contributed by atoms with Gasteiger partial charge in [0.25, 0.3) is 0 Å². The Labute approximate surface area is 116 Å². The molecule has 0 saturated carbocycles. The van der Waals surface area contributed by atoms with E-state index in [9.17, 15) is 5.11 Å². The van der Waals surface area contributed by atoms with Crippen molar-refractivity contribution in [3.63, 3.8) is 0 Å². The van der Waals surface area contributed by atoms with Gasteiger partial charge >= 0.3 is 0 Å². The van der Waals surface area contributed by atoms with Gasteiger partial charge in [-0.2, -0.15) is 0 Å². The number of aryl methyl sites for hydroxylation is 2. The molecule has 2 aromatic rings. The number of benzene rings is 1. The van der Waals surface area contributed by atoms with Crippen LogP contribution in [0.25, 0.3) is 0 Å². The van der Waals surface area contributed by atoms with E-state index < -0.39 is 0 Å². The van der Waals surface area contributed by atoms with E-state index in [2.05, 4.69) is 25.2 Å². The highest BCUT2D eigenvalue weighted by molar-refractivity contribution is 7.12. The number of rotatable bonds is 3. The monoisotopic (exact) mass is 275 g/mol. The lowest BCUT2D eigenvalue weighted by Gasteiger charge is -2.10. The van der Waals surface area contributed by atoms with Gasteiger partial charge in [-0.15, -0.1) is 11.3 Å². The van der Waals surface area contributed by atoms with E-state index in [1.165, 1.54) is 15.3 Å². The second-order valence-electron chi connectivity index (χ2n) is 4.92. The summed E-state index contributed by atoms with van der Waals surface area (Å²) in [7, 11) is 0. The smallest absolute Gasteiger partial charge is 0.127 e. The molecule has 1 atom stereocenters. The van der Waals surface area contributed by atoms with Crippen LogP contribution < -0.4 is 10.1 Å². The summed E-state index contributed by atoms with van der Waals surface area (Å²) in [5.74, 6) is 1.04. The average molecular weight is 275 g/mol. The number of fused-ring (bicyclic) bond motifs is 1. The highest BCUT2D eigenvalue weighted by Crippen LogP contribution is 2.35. The van der Waals surface area contributed by atoms with Gasteiger partial charge in [0.1, 0.15) is 18.1 Å². The number of aromatic hydroxyl groups is 1. The summed E-state index contributed by atoms with van der Waals surface area (Å²) in [6.45, 7) is 5.78. The van der Waals surface area contributed by atoms with Crippen LogP contribution in [0.5, 0.6) is 11.5 Å². The molecule has 0 radical (unpaired) electrons. The molecule has 4 heteroatoms. The quantitative estimate of drug-likeness (QED) is 0.903. The largest absolute Gasteiger partial charge is 0.508 e. The van der Waals surface area contributed by atoms with Crippen molar-refractivity contribution in [2.45, 2.75) is 26.4 Å². The third-order valence-corrected chi connectivity index (χ3v) is 4.67. The molecule has 1 aromatic carbocycles. The minimum absolute atomic E-state index is 0.207. The lowest BCUT2D eigenvalue weighted by Crippen LogP contribution is -2.21. The second-order valence-corrected chi connectivity index (χ2v) is 6.26. The Morgan fingerprint density at radius 1 is 1.37 bits per heavy atom. The number of hydrogen-bond donors (Lipinski definition) is 2. The highest BCUT2D eigenvalue weighted by Gasteiger charge is 2.23. The number of phenols is 1. The van der Waals surface area contributed by atoms with Crippen LogP contribution in [0.3, 0.4) is 0 Å². The summed E-state index contributed by atoms with van der Waals surface area (Å²) in [4.78, 5) is 2.73. The summed E-state index contributed by atoms with van der Waals surface area (Å²) >= 11 is 1.84. The zero-order valence-electron chi connectivity index (χ0n) is 11.1. The average Bonchev–Trinajstić information content (AvgIpc) is 2.91. The Hall–Kier alpha value is -1.52. The van der Waals surface area contributed by atoms with Crippen molar-refractivity contribution in [2.24, 2.45) is 0 Å². The first-order valence-electron chi connectivity index (χ1n) is 6.38. The summed E-state index contributed by atoms with van der Waals surface area (Å²) in [5, 5.41) is 12.9. The molecule has 3 rings (SSSR count). The summed E-state index contributed by atoms with van der Waals surface area (Å²) in [6, 6.07) is 7.76. The van der Waals surface area contributed by atoms with Crippen molar-refractivity contribution in [3.8, 4) is 11.5 Å². The topological polar surface area (TPSA) is 41.5 Å². The van der Waals surface area contributed by atoms with E-state index in [0.29, 0.717) is 6.61 Å². The molecule has 2 N–H and O–H groups in total. The molecular weight excluding hydrogens is 258 g/mol. The maximum Gasteiger partial charge on any atom is 0.127 e. The minimum atomic E-state index is 0.207. The van der Waals surface area contributed by atoms with Crippen molar-refractivity contribution in [2.75, 3.05) is 6.61 Å². The number of hydrogen-bond acceptors (Lipinski definition) is 4. The fourth-order valence-corrected chi connectivity index (χ4v) is 3.33. The van der Waals surface area contributed by atoms with Crippen LogP contribution in [0.15, 0.2) is 24.3 Å². The Morgan fingerprint density at radius 2 is 2.21 bits per heavy atom. The standard InChI is InChI=1S/C15H17NO2S/c1-9-5-12(19-10(9)2)7-16-14-8-18-15-6-11(17)3-4-13(14)15/h3-6,14,16-17H,7-8H2,1-2H3. The normalized spacial score (nSPS) is 17.3. The molecule has 0 bridgehead atoms. The first kappa shape index (κ1) is 12.5. The molecular formula is C15H17NO2S. The van der Waals surface area contributed by atoms with Gasteiger partial charge in [-0.25, -0.2) is 0 Å². The van der Waals surface area contributed by atoms with Gasteiger partial charge in [-0.1, -0.05) is 0 Å². The minimum Gasteiger partial charge on any atom is -0.508 e. The van der Waals surface area contributed by atoms with Crippen LogP contribution in [0.2, 0.25) is 0 Å². The molecule has 1 aromatic heterocycles. The van der Waals surface area contributed by atoms with Crippen molar-refractivity contribution >= 4 is 11.3 Å². The van der Waals surface area contributed by atoms with E-state index in [4.69, 9.17) is 4.74 Å². The van der Waals surface area contributed by atoms with E-state index in [-0.39, 0.29) is 11.8 Å². The third kappa shape index (κ3) is 2.46. The van der Waals surface area contributed by atoms with E-state index in [1.54, 1.807) is 12.1 Å². The van der Waals surface area contributed by atoms with Crippen molar-refractivity contribution in [1.82, 2.24) is 5.32 Å². The predicted molar refractivity (Wildman–Crippen MR) is 77.0 cm³/mol. The Morgan fingerprint density at radius 3 is 2.95 bits per heavy atom. The van der Waals surface area contributed by atoms with Gasteiger partial charge in [0.05, 0.1) is 6.04 Å². The van der Waals surface area contributed by atoms with Gasteiger partial charge in [0, 0.05) is 27.9 Å². The highest BCUT2D eigenvalue weighted by atomic mass is 32.1. The van der Waals surface area contributed by atoms with E-state index >= 15 is 0 Å². The molecule has 2 heterocycles. The van der Waals surface area contributed by atoms with E-state index in [0.717, 1.165) is 17.9 Å². The zero-order valence-corrected chi connectivity index (χ0v) is 11.9. The first-order chi connectivity index (χ1) is 9.13. The SMILES string of the molecule is Cc1cc(CNC2COc3cc(O)ccc32)sc1C. The third-order valence-electron chi connectivity index (χ3n) is 3.52. The second kappa shape index (κ2) is 4.87. The van der Waals surface area contributed by atoms with Crippen LogP contribution in [-0.4, -0.2) is 11.7 Å². The van der Waals surface area contributed by atoms with Crippen LogP contribution in [0.1, 0.15) is 26.9 Å². The zero-order chi connectivity index (χ0) is 13.4. The van der Waals surface area contributed by atoms with Crippen molar-refractivity contribution in [3.05, 3.63) is 45.1 Å². The number of ether oxygens (including phenoxy) is 1. The maximum absolute atomic E-state index is 9.43. The van der Waals surface area contributed by atoms with Gasteiger partial charge in [-0.05, 0) is 37.6 Å². The van der Waals surface area contributed by atoms with Crippen LogP contribution in [0, 0.1) is 13.8 Å². The molecule has 3 nitrogen and oxygen atoms in total. The molecule has 1 aliphatic rings.